The van der Waals surface area contributed by atoms with Gasteiger partial charge in [-0.3, -0.25) is 14.5 Å². The Morgan fingerprint density at radius 2 is 1.87 bits per heavy atom. The molecule has 3 atom stereocenters. The lowest BCUT2D eigenvalue weighted by Gasteiger charge is -2.35. The average Bonchev–Trinajstić information content (AvgIpc) is 3.71. The van der Waals surface area contributed by atoms with Crippen molar-refractivity contribution in [1.82, 2.24) is 14.7 Å². The number of rotatable bonds is 13. The minimum absolute atomic E-state index is 0.0349. The van der Waals surface area contributed by atoms with Gasteiger partial charge >= 0.3 is 12.0 Å². The molecule has 2 aromatic carbocycles. The third kappa shape index (κ3) is 6.95. The summed E-state index contributed by atoms with van der Waals surface area (Å²) in [6.07, 6.45) is 4.63. The Bertz CT molecular complexity index is 1400. The van der Waals surface area contributed by atoms with Gasteiger partial charge in [-0.15, -0.1) is 0 Å². The van der Waals surface area contributed by atoms with Crippen LogP contribution in [0.1, 0.15) is 68.6 Å². The third-order valence-corrected chi connectivity index (χ3v) is 9.81. The van der Waals surface area contributed by atoms with E-state index in [1.165, 1.54) is 6.07 Å². The predicted molar refractivity (Wildman–Crippen MR) is 171 cm³/mol. The summed E-state index contributed by atoms with van der Waals surface area (Å²) >= 11 is 0. The number of ether oxygens (including phenoxy) is 1. The average molecular weight is 623 g/mol. The molecule has 3 amide bonds. The Morgan fingerprint density at radius 3 is 2.51 bits per heavy atom. The van der Waals surface area contributed by atoms with Crippen LogP contribution in [0, 0.1) is 18.7 Å². The number of likely N-dealkylation sites (N-methyl/N-ethyl adjacent to an activating group) is 1. The molecule has 3 aliphatic rings. The molecule has 0 radical (unpaired) electrons. The molecule has 1 N–H and O–H groups in total. The first-order valence-electron chi connectivity index (χ1n) is 16.4. The molecule has 9 nitrogen and oxygen atoms in total. The minimum Gasteiger partial charge on any atom is -0.493 e. The van der Waals surface area contributed by atoms with Gasteiger partial charge in [-0.25, -0.2) is 9.18 Å². The van der Waals surface area contributed by atoms with Gasteiger partial charge in [-0.2, -0.15) is 0 Å². The topological polar surface area (TPSA) is 93.6 Å². The number of halogens is 1. The highest BCUT2D eigenvalue weighted by molar-refractivity contribution is 5.95. The van der Waals surface area contributed by atoms with Crippen molar-refractivity contribution in [2.24, 2.45) is 5.92 Å². The number of benzene rings is 2. The maximum atomic E-state index is 14.4. The molecule has 3 aliphatic heterocycles. The molecule has 3 heterocycles. The van der Waals surface area contributed by atoms with Gasteiger partial charge in [0.25, 0.3) is 0 Å². The first-order valence-corrected chi connectivity index (χ1v) is 16.4. The largest absolute Gasteiger partial charge is 0.493 e. The van der Waals surface area contributed by atoms with Crippen LogP contribution in [0.4, 0.5) is 14.9 Å². The van der Waals surface area contributed by atoms with E-state index in [9.17, 15) is 23.9 Å². The summed E-state index contributed by atoms with van der Waals surface area (Å²) in [6, 6.07) is 10.2. The lowest BCUT2D eigenvalue weighted by atomic mass is 9.83. The maximum Gasteiger partial charge on any atom is 0.319 e. The Balaban J connectivity index is 1.47. The molecule has 0 spiro atoms. The summed E-state index contributed by atoms with van der Waals surface area (Å²) in [5, 5.41) is 10.6. The van der Waals surface area contributed by atoms with Crippen molar-refractivity contribution in [3.63, 3.8) is 0 Å². The van der Waals surface area contributed by atoms with Crippen LogP contribution in [0.25, 0.3) is 0 Å². The number of urea groups is 1. The number of aliphatic carboxylic acids is 1. The van der Waals surface area contributed by atoms with Crippen LogP contribution in [-0.4, -0.2) is 96.2 Å². The number of amides is 3. The Kier molecular flexibility index (Phi) is 10.3. The SMILES string of the molecule is CCCC(CCC)N(C(=O)CN1CC(c2ccc3c(c2)CCO3)C(C(=O)O)C1CCN1CCN(C)C1=O)c1ccc(F)c(C)c1. The van der Waals surface area contributed by atoms with Gasteiger partial charge in [0.15, 0.2) is 0 Å². The maximum absolute atomic E-state index is 14.4. The molecular weight excluding hydrogens is 575 g/mol. The predicted octanol–water partition coefficient (Wildman–Crippen LogP) is 5.30. The second-order valence-electron chi connectivity index (χ2n) is 12.8. The normalized spacial score (nSPS) is 21.5. The number of carboxylic acids is 1. The molecule has 0 saturated carbocycles. The van der Waals surface area contributed by atoms with Gasteiger partial charge in [0.2, 0.25) is 5.91 Å². The van der Waals surface area contributed by atoms with Gasteiger partial charge < -0.3 is 24.5 Å². The van der Waals surface area contributed by atoms with Crippen molar-refractivity contribution in [1.29, 1.82) is 0 Å². The monoisotopic (exact) mass is 622 g/mol. The number of hydrogen-bond donors (Lipinski definition) is 1. The van der Waals surface area contributed by atoms with Crippen molar-refractivity contribution < 1.29 is 28.6 Å². The molecule has 10 heteroatoms. The smallest absolute Gasteiger partial charge is 0.319 e. The minimum atomic E-state index is -0.901. The quantitative estimate of drug-likeness (QED) is 0.326. The fraction of sp³-hybridized carbons (Fsp3) is 0.571. The van der Waals surface area contributed by atoms with Gasteiger partial charge in [0, 0.05) is 63.3 Å². The summed E-state index contributed by atoms with van der Waals surface area (Å²) in [5.41, 5.74) is 3.15. The van der Waals surface area contributed by atoms with Crippen LogP contribution in [-0.2, 0) is 16.0 Å². The van der Waals surface area contributed by atoms with E-state index in [0.717, 1.165) is 49.0 Å². The van der Waals surface area contributed by atoms with Crippen LogP contribution in [0.2, 0.25) is 0 Å². The van der Waals surface area contributed by atoms with E-state index in [0.29, 0.717) is 50.5 Å². The summed E-state index contributed by atoms with van der Waals surface area (Å²) < 4.78 is 20.0. The number of nitrogens with zero attached hydrogens (tertiary/aromatic N) is 4. The first-order chi connectivity index (χ1) is 21.6. The Hall–Kier alpha value is -3.66. The zero-order chi connectivity index (χ0) is 32.2. The number of anilines is 1. The number of fused-ring (bicyclic) bond motifs is 1. The van der Waals surface area contributed by atoms with Crippen molar-refractivity contribution in [3.05, 3.63) is 58.9 Å². The highest BCUT2D eigenvalue weighted by Crippen LogP contribution is 2.41. The van der Waals surface area contributed by atoms with E-state index in [-0.39, 0.29) is 36.3 Å². The number of carbonyl (C=O) groups is 3. The summed E-state index contributed by atoms with van der Waals surface area (Å²) in [4.78, 5) is 47.4. The van der Waals surface area contributed by atoms with Gasteiger partial charge in [0.1, 0.15) is 11.6 Å². The number of aryl methyl sites for hydroxylation is 1. The molecular formula is C35H47FN4O5. The molecule has 0 bridgehead atoms. The van der Waals surface area contributed by atoms with E-state index >= 15 is 0 Å². The molecule has 5 rings (SSSR count). The fourth-order valence-electron chi connectivity index (χ4n) is 7.48. The Morgan fingerprint density at radius 1 is 1.11 bits per heavy atom. The molecule has 2 aromatic rings. The van der Waals surface area contributed by atoms with Crippen molar-refractivity contribution in [2.75, 3.05) is 51.3 Å². The molecule has 0 aromatic heterocycles. The lowest BCUT2D eigenvalue weighted by molar-refractivity contribution is -0.143. The summed E-state index contributed by atoms with van der Waals surface area (Å²) in [5.74, 6) is -1.58. The summed E-state index contributed by atoms with van der Waals surface area (Å²) in [6.45, 7) is 8.60. The molecule has 3 unspecified atom stereocenters. The number of hydrogen-bond acceptors (Lipinski definition) is 5. The highest BCUT2D eigenvalue weighted by Gasteiger charge is 2.48. The molecule has 2 saturated heterocycles. The first kappa shape index (κ1) is 32.7. The Labute approximate surface area is 265 Å². The van der Waals surface area contributed by atoms with Crippen molar-refractivity contribution in [2.45, 2.75) is 77.3 Å². The van der Waals surface area contributed by atoms with Crippen LogP contribution in [0.15, 0.2) is 36.4 Å². The highest BCUT2D eigenvalue weighted by atomic mass is 19.1. The number of likely N-dealkylation sites (tertiary alicyclic amines) is 1. The van der Waals surface area contributed by atoms with E-state index in [4.69, 9.17) is 4.74 Å². The molecule has 45 heavy (non-hydrogen) atoms. The van der Waals surface area contributed by atoms with E-state index in [1.807, 2.05) is 21.9 Å². The van der Waals surface area contributed by atoms with E-state index in [2.05, 4.69) is 19.9 Å². The van der Waals surface area contributed by atoms with Gasteiger partial charge in [0.05, 0.1) is 19.1 Å². The lowest BCUT2D eigenvalue weighted by Crippen LogP contribution is -2.48. The molecule has 2 fully saturated rings. The van der Waals surface area contributed by atoms with Gasteiger partial charge in [-0.05, 0) is 67.1 Å². The van der Waals surface area contributed by atoms with Gasteiger partial charge in [-0.1, -0.05) is 38.8 Å². The molecule has 244 valence electrons. The van der Waals surface area contributed by atoms with E-state index < -0.39 is 17.9 Å². The second kappa shape index (κ2) is 14.2. The van der Waals surface area contributed by atoms with Crippen LogP contribution >= 0.6 is 0 Å². The number of carbonyl (C=O) groups excluding carboxylic acids is 2. The fourth-order valence-corrected chi connectivity index (χ4v) is 7.48. The summed E-state index contributed by atoms with van der Waals surface area (Å²) in [7, 11) is 1.77. The van der Waals surface area contributed by atoms with Crippen LogP contribution in [0.3, 0.4) is 0 Å². The second-order valence-corrected chi connectivity index (χ2v) is 12.8. The number of carboxylic acid groups (broad SMARTS) is 1. The van der Waals surface area contributed by atoms with Crippen molar-refractivity contribution in [3.8, 4) is 5.75 Å². The zero-order valence-electron chi connectivity index (χ0n) is 27.0. The zero-order valence-corrected chi connectivity index (χ0v) is 27.0. The van der Waals surface area contributed by atoms with Crippen molar-refractivity contribution >= 4 is 23.6 Å². The standard InChI is InChI=1S/C35H47FN4O5/c1-5-7-26(8-6-2)40(27-10-11-29(36)23(3)19-27)32(41)22-39-21-28(24-9-12-31-25(20-24)14-18-45-31)33(34(42)43)30(39)13-15-38-17-16-37(4)35(38)44/h9-12,19-20,26,28,30,33H,5-8,13-18,21-22H2,1-4H3,(H,42,43). The van der Waals surface area contributed by atoms with E-state index in [1.54, 1.807) is 35.9 Å². The third-order valence-electron chi connectivity index (χ3n) is 9.81. The molecule has 0 aliphatic carbocycles. The van der Waals surface area contributed by atoms with Crippen LogP contribution < -0.4 is 9.64 Å². The van der Waals surface area contributed by atoms with Crippen LogP contribution in [0.5, 0.6) is 5.75 Å².